The number of halogens is 3. The number of nitrogens with one attached hydrogen (secondary N) is 1. The van der Waals surface area contributed by atoms with E-state index in [4.69, 9.17) is 39.5 Å². The maximum absolute atomic E-state index is 11.7. The van der Waals surface area contributed by atoms with Crippen molar-refractivity contribution in [2.24, 2.45) is 0 Å². The van der Waals surface area contributed by atoms with Gasteiger partial charge in [0.1, 0.15) is 0 Å². The number of anilines is 1. The molecule has 0 saturated heterocycles. The van der Waals surface area contributed by atoms with Crippen LogP contribution in [-0.2, 0) is 4.74 Å². The van der Waals surface area contributed by atoms with Crippen LogP contribution in [0.15, 0.2) is 18.2 Å². The van der Waals surface area contributed by atoms with Crippen LogP contribution in [0.4, 0.5) is 5.69 Å². The van der Waals surface area contributed by atoms with Crippen LogP contribution in [0.2, 0.25) is 0 Å². The molecule has 86 valence electrons. The number of aryl methyl sites for hydroxylation is 1. The molecule has 0 unspecified atom stereocenters. The van der Waals surface area contributed by atoms with Gasteiger partial charge in [0.15, 0.2) is 0 Å². The molecule has 1 aliphatic rings. The van der Waals surface area contributed by atoms with Crippen molar-refractivity contribution in [2.75, 3.05) is 5.32 Å². The van der Waals surface area contributed by atoms with Crippen LogP contribution >= 0.6 is 34.8 Å². The van der Waals surface area contributed by atoms with Crippen LogP contribution in [0.5, 0.6) is 0 Å². The maximum Gasteiger partial charge on any atom is 0.342 e. The summed E-state index contributed by atoms with van der Waals surface area (Å²) in [5.74, 6) is -0.492. The molecule has 16 heavy (non-hydrogen) atoms. The number of benzene rings is 1. The highest BCUT2D eigenvalue weighted by molar-refractivity contribution is 6.68. The second-order valence-electron chi connectivity index (χ2n) is 3.52. The molecule has 1 aromatic carbocycles. The molecule has 6 heteroatoms. The number of carbonyl (C=O) groups excluding carboxylic acids is 1. The van der Waals surface area contributed by atoms with Crippen LogP contribution in [-0.4, -0.2) is 16.0 Å². The van der Waals surface area contributed by atoms with Crippen molar-refractivity contribution < 1.29 is 9.53 Å². The average Bonchev–Trinajstić information content (AvgIpc) is 2.17. The van der Waals surface area contributed by atoms with E-state index in [-0.39, 0.29) is 0 Å². The average molecular weight is 281 g/mol. The summed E-state index contributed by atoms with van der Waals surface area (Å²) in [6.07, 6.45) is -0.972. The minimum Gasteiger partial charge on any atom is -0.433 e. The van der Waals surface area contributed by atoms with Gasteiger partial charge in [-0.05, 0) is 19.1 Å². The van der Waals surface area contributed by atoms with Crippen molar-refractivity contribution in [1.29, 1.82) is 0 Å². The second-order valence-corrected chi connectivity index (χ2v) is 5.89. The molecule has 1 heterocycles. The fourth-order valence-corrected chi connectivity index (χ4v) is 1.74. The zero-order chi connectivity index (χ0) is 11.9. The van der Waals surface area contributed by atoms with Crippen LogP contribution in [0.25, 0.3) is 0 Å². The molecule has 0 radical (unpaired) electrons. The lowest BCUT2D eigenvalue weighted by atomic mass is 10.1. The number of alkyl halides is 3. The van der Waals surface area contributed by atoms with Gasteiger partial charge >= 0.3 is 5.97 Å². The molecule has 0 fully saturated rings. The zero-order valence-corrected chi connectivity index (χ0v) is 10.5. The maximum atomic E-state index is 11.7. The Hall–Kier alpha value is -0.640. The minimum absolute atomic E-state index is 0.450. The van der Waals surface area contributed by atoms with Crippen molar-refractivity contribution in [3.8, 4) is 0 Å². The monoisotopic (exact) mass is 279 g/mol. The van der Waals surface area contributed by atoms with E-state index < -0.39 is 16.0 Å². The van der Waals surface area contributed by atoms with E-state index in [0.717, 1.165) is 5.56 Å². The number of hydrogen-bond donors (Lipinski definition) is 1. The van der Waals surface area contributed by atoms with Gasteiger partial charge in [0, 0.05) is 0 Å². The summed E-state index contributed by atoms with van der Waals surface area (Å²) >= 11 is 17.0. The molecule has 0 amide bonds. The first-order valence-corrected chi connectivity index (χ1v) is 5.66. The van der Waals surface area contributed by atoms with Gasteiger partial charge in [-0.25, -0.2) is 4.79 Å². The molecule has 3 nitrogen and oxygen atoms in total. The SMILES string of the molecule is Cc1ccc2c(c1)C(=O)O[C@H](C(Cl)(Cl)Cl)N2. The van der Waals surface area contributed by atoms with Crippen LogP contribution in [0, 0.1) is 6.92 Å². The van der Waals surface area contributed by atoms with Crippen molar-refractivity contribution in [2.45, 2.75) is 16.9 Å². The summed E-state index contributed by atoms with van der Waals surface area (Å²) in [5, 5.41) is 2.86. The van der Waals surface area contributed by atoms with E-state index in [9.17, 15) is 4.79 Å². The molecule has 0 bridgehead atoms. The van der Waals surface area contributed by atoms with Crippen molar-refractivity contribution in [3.63, 3.8) is 0 Å². The summed E-state index contributed by atoms with van der Waals surface area (Å²) in [4.78, 5) is 11.7. The molecule has 1 aromatic rings. The number of cyclic esters (lactones) is 1. The van der Waals surface area contributed by atoms with Crippen molar-refractivity contribution in [3.05, 3.63) is 29.3 Å². The highest BCUT2D eigenvalue weighted by Gasteiger charge is 2.39. The minimum atomic E-state index is -1.70. The van der Waals surface area contributed by atoms with Gasteiger partial charge in [0.25, 0.3) is 0 Å². The van der Waals surface area contributed by atoms with Crippen LogP contribution in [0.1, 0.15) is 15.9 Å². The predicted molar refractivity (Wildman–Crippen MR) is 64.3 cm³/mol. The Labute approximate surface area is 108 Å². The van der Waals surface area contributed by atoms with Gasteiger partial charge in [0.05, 0.1) is 11.3 Å². The van der Waals surface area contributed by atoms with Gasteiger partial charge in [0.2, 0.25) is 10.0 Å². The Balaban J connectivity index is 2.38. The van der Waals surface area contributed by atoms with Crippen LogP contribution in [0.3, 0.4) is 0 Å². The molecule has 0 spiro atoms. The first kappa shape index (κ1) is 11.8. The van der Waals surface area contributed by atoms with Gasteiger partial charge < -0.3 is 10.1 Å². The number of rotatable bonds is 0. The predicted octanol–water partition coefficient (Wildman–Crippen LogP) is 3.27. The van der Waals surface area contributed by atoms with E-state index in [2.05, 4.69) is 5.32 Å². The molecule has 1 aliphatic heterocycles. The fourth-order valence-electron chi connectivity index (χ4n) is 1.44. The molecular formula is C10H8Cl3NO2. The Morgan fingerprint density at radius 2 is 2.06 bits per heavy atom. The van der Waals surface area contributed by atoms with Crippen molar-refractivity contribution >= 4 is 46.5 Å². The molecule has 0 aliphatic carbocycles. The van der Waals surface area contributed by atoms with E-state index in [1.807, 2.05) is 13.0 Å². The number of hydrogen-bond acceptors (Lipinski definition) is 3. The third-order valence-electron chi connectivity index (χ3n) is 2.20. The summed E-state index contributed by atoms with van der Waals surface area (Å²) < 4.78 is 3.29. The van der Waals surface area contributed by atoms with E-state index in [1.54, 1.807) is 12.1 Å². The molecule has 2 rings (SSSR count). The Morgan fingerprint density at radius 3 is 2.69 bits per heavy atom. The van der Waals surface area contributed by atoms with E-state index in [0.29, 0.717) is 11.3 Å². The van der Waals surface area contributed by atoms with Crippen LogP contribution < -0.4 is 5.32 Å². The molecule has 0 aromatic heterocycles. The summed E-state index contributed by atoms with van der Waals surface area (Å²) in [6, 6.07) is 5.34. The van der Waals surface area contributed by atoms with Gasteiger partial charge in [-0.1, -0.05) is 46.4 Å². The summed E-state index contributed by atoms with van der Waals surface area (Å²) in [6.45, 7) is 1.88. The summed E-state index contributed by atoms with van der Waals surface area (Å²) in [7, 11) is 0. The Bertz CT molecular complexity index is 442. The number of ether oxygens (including phenoxy) is 1. The highest BCUT2D eigenvalue weighted by atomic mass is 35.6. The molecule has 1 atom stereocenters. The fraction of sp³-hybridized carbons (Fsp3) is 0.300. The smallest absolute Gasteiger partial charge is 0.342 e. The van der Waals surface area contributed by atoms with E-state index in [1.165, 1.54) is 0 Å². The third kappa shape index (κ3) is 2.21. The van der Waals surface area contributed by atoms with Gasteiger partial charge in [-0.15, -0.1) is 0 Å². The lowest BCUT2D eigenvalue weighted by Crippen LogP contribution is -2.41. The van der Waals surface area contributed by atoms with Gasteiger partial charge in [-0.3, -0.25) is 0 Å². The number of esters is 1. The number of fused-ring (bicyclic) bond motifs is 1. The standard InChI is InChI=1S/C10H8Cl3NO2/c1-5-2-3-7-6(4-5)8(15)16-9(14-7)10(11,12)13/h2-4,9,14H,1H3/t9-/m1/s1. The summed E-state index contributed by atoms with van der Waals surface area (Å²) in [5.41, 5.74) is 2.02. The largest absolute Gasteiger partial charge is 0.433 e. The quantitative estimate of drug-likeness (QED) is 0.585. The van der Waals surface area contributed by atoms with Crippen molar-refractivity contribution in [1.82, 2.24) is 0 Å². The second kappa shape index (κ2) is 3.99. The molecule has 1 N–H and O–H groups in total. The first-order chi connectivity index (χ1) is 7.38. The Kier molecular flexibility index (Phi) is 2.95. The topological polar surface area (TPSA) is 38.3 Å². The third-order valence-corrected chi connectivity index (χ3v) is 2.80. The van der Waals surface area contributed by atoms with Gasteiger partial charge in [-0.2, -0.15) is 0 Å². The van der Waals surface area contributed by atoms with E-state index >= 15 is 0 Å². The first-order valence-electron chi connectivity index (χ1n) is 4.53. The molecular weight excluding hydrogens is 272 g/mol. The highest BCUT2D eigenvalue weighted by Crippen LogP contribution is 2.36. The zero-order valence-electron chi connectivity index (χ0n) is 8.26. The number of carbonyl (C=O) groups is 1. The Morgan fingerprint density at radius 1 is 1.38 bits per heavy atom. The normalized spacial score (nSPS) is 19.8. The molecule has 0 saturated carbocycles. The lowest BCUT2D eigenvalue weighted by Gasteiger charge is -2.30. The lowest BCUT2D eigenvalue weighted by molar-refractivity contribution is 0.0341.